The van der Waals surface area contributed by atoms with Crippen molar-refractivity contribution in [3.05, 3.63) is 52.0 Å². The molecule has 1 amide bonds. The van der Waals surface area contributed by atoms with Crippen LogP contribution in [-0.2, 0) is 6.54 Å². The maximum Gasteiger partial charge on any atom is 0.255 e. The number of rotatable bonds is 7. The van der Waals surface area contributed by atoms with Gasteiger partial charge < -0.3 is 20.5 Å². The van der Waals surface area contributed by atoms with Crippen molar-refractivity contribution in [2.24, 2.45) is 5.73 Å². The van der Waals surface area contributed by atoms with Gasteiger partial charge in [0.25, 0.3) is 5.91 Å². The van der Waals surface area contributed by atoms with Crippen molar-refractivity contribution in [3.63, 3.8) is 0 Å². The van der Waals surface area contributed by atoms with Crippen LogP contribution in [0, 0.1) is 0 Å². The van der Waals surface area contributed by atoms with Crippen LogP contribution >= 0.6 is 15.9 Å². The normalized spacial score (nSPS) is 10.3. The number of hydrogen-bond acceptors (Lipinski definition) is 4. The Labute approximate surface area is 150 Å². The molecule has 0 fully saturated rings. The van der Waals surface area contributed by atoms with Gasteiger partial charge in [-0.05, 0) is 47.5 Å². The summed E-state index contributed by atoms with van der Waals surface area (Å²) in [5.74, 6) is 1.03. The molecule has 128 valence electrons. The lowest BCUT2D eigenvalue weighted by molar-refractivity contribution is 0.102. The number of carbonyl (C=O) groups excluding carboxylic acids is 1. The Balaban J connectivity index is 2.23. The van der Waals surface area contributed by atoms with E-state index in [0.29, 0.717) is 42.5 Å². The second kappa shape index (κ2) is 8.70. The van der Waals surface area contributed by atoms with E-state index in [4.69, 9.17) is 15.2 Å². The zero-order valence-corrected chi connectivity index (χ0v) is 15.4. The monoisotopic (exact) mass is 392 g/mol. The molecule has 2 rings (SSSR count). The molecule has 5 nitrogen and oxygen atoms in total. The first kappa shape index (κ1) is 18.3. The van der Waals surface area contributed by atoms with Crippen molar-refractivity contribution in [3.8, 4) is 11.5 Å². The summed E-state index contributed by atoms with van der Waals surface area (Å²) in [7, 11) is 0. The topological polar surface area (TPSA) is 73.6 Å². The van der Waals surface area contributed by atoms with Gasteiger partial charge in [0.2, 0.25) is 0 Å². The van der Waals surface area contributed by atoms with E-state index in [1.807, 2.05) is 26.0 Å². The molecule has 0 unspecified atom stereocenters. The Hall–Kier alpha value is -2.05. The number of carbonyl (C=O) groups is 1. The highest BCUT2D eigenvalue weighted by Crippen LogP contribution is 2.37. The Morgan fingerprint density at radius 3 is 2.21 bits per heavy atom. The lowest BCUT2D eigenvalue weighted by Gasteiger charge is -2.15. The number of halogens is 1. The summed E-state index contributed by atoms with van der Waals surface area (Å²) in [4.78, 5) is 12.4. The minimum Gasteiger partial charge on any atom is -0.490 e. The molecule has 0 heterocycles. The van der Waals surface area contributed by atoms with Gasteiger partial charge in [-0.3, -0.25) is 4.79 Å². The van der Waals surface area contributed by atoms with Crippen LogP contribution in [0.5, 0.6) is 11.5 Å². The molecule has 2 aromatic rings. The van der Waals surface area contributed by atoms with Gasteiger partial charge in [0.1, 0.15) is 0 Å². The number of benzene rings is 2. The molecule has 0 bridgehead atoms. The molecule has 0 radical (unpaired) electrons. The van der Waals surface area contributed by atoms with Crippen molar-refractivity contribution in [2.75, 3.05) is 18.5 Å². The molecule has 0 spiro atoms. The highest BCUT2D eigenvalue weighted by atomic mass is 79.9. The summed E-state index contributed by atoms with van der Waals surface area (Å²) in [6.45, 7) is 5.30. The van der Waals surface area contributed by atoms with Crippen molar-refractivity contribution >= 4 is 27.5 Å². The number of anilines is 1. The molecule has 0 saturated heterocycles. The fourth-order valence-electron chi connectivity index (χ4n) is 2.15. The van der Waals surface area contributed by atoms with Gasteiger partial charge in [-0.1, -0.05) is 12.1 Å². The molecule has 24 heavy (non-hydrogen) atoms. The third-order valence-electron chi connectivity index (χ3n) is 3.33. The summed E-state index contributed by atoms with van der Waals surface area (Å²) >= 11 is 3.46. The molecule has 3 N–H and O–H groups in total. The maximum absolute atomic E-state index is 12.4. The maximum atomic E-state index is 12.4. The number of nitrogens with two attached hydrogens (primary N) is 1. The zero-order chi connectivity index (χ0) is 17.5. The Morgan fingerprint density at radius 1 is 1.08 bits per heavy atom. The first-order chi connectivity index (χ1) is 11.6. The number of amides is 1. The van der Waals surface area contributed by atoms with Crippen molar-refractivity contribution in [2.45, 2.75) is 20.4 Å². The van der Waals surface area contributed by atoms with Crippen LogP contribution in [0.2, 0.25) is 0 Å². The minimum atomic E-state index is -0.203. The molecule has 6 heteroatoms. The van der Waals surface area contributed by atoms with Crippen LogP contribution in [0.25, 0.3) is 0 Å². The van der Waals surface area contributed by atoms with E-state index in [2.05, 4.69) is 21.2 Å². The summed E-state index contributed by atoms with van der Waals surface area (Å²) in [5, 5.41) is 2.88. The average Bonchev–Trinajstić information content (AvgIpc) is 2.59. The highest BCUT2D eigenvalue weighted by Gasteiger charge is 2.14. The second-order valence-corrected chi connectivity index (χ2v) is 5.85. The van der Waals surface area contributed by atoms with E-state index < -0.39 is 0 Å². The molecule has 0 aliphatic carbocycles. The second-order valence-electron chi connectivity index (χ2n) is 5.00. The van der Waals surface area contributed by atoms with Crippen molar-refractivity contribution in [1.29, 1.82) is 0 Å². The van der Waals surface area contributed by atoms with Gasteiger partial charge in [0.05, 0.1) is 18.9 Å². The van der Waals surface area contributed by atoms with Gasteiger partial charge in [-0.2, -0.15) is 0 Å². The van der Waals surface area contributed by atoms with Gasteiger partial charge >= 0.3 is 0 Å². The molecule has 0 aliphatic heterocycles. The SMILES string of the molecule is CCOc1cc(Br)c(NC(=O)c2ccc(CN)cc2)cc1OCC. The van der Waals surface area contributed by atoms with Crippen LogP contribution in [0.1, 0.15) is 29.8 Å². The number of nitrogens with one attached hydrogen (secondary N) is 1. The van der Waals surface area contributed by atoms with Crippen molar-refractivity contribution < 1.29 is 14.3 Å². The summed E-state index contributed by atoms with van der Waals surface area (Å²) in [6.07, 6.45) is 0. The lowest BCUT2D eigenvalue weighted by Crippen LogP contribution is -2.13. The van der Waals surface area contributed by atoms with Crippen LogP contribution in [0.4, 0.5) is 5.69 Å². The van der Waals surface area contributed by atoms with Gasteiger partial charge in [0, 0.05) is 28.7 Å². The van der Waals surface area contributed by atoms with E-state index in [9.17, 15) is 4.79 Å². The summed E-state index contributed by atoms with van der Waals surface area (Å²) in [6, 6.07) is 10.7. The van der Waals surface area contributed by atoms with Crippen LogP contribution in [0.15, 0.2) is 40.9 Å². The smallest absolute Gasteiger partial charge is 0.255 e. The predicted octanol–water partition coefficient (Wildman–Crippen LogP) is 3.96. The van der Waals surface area contributed by atoms with Crippen LogP contribution in [0.3, 0.4) is 0 Å². The standard InChI is InChI=1S/C18H21BrN2O3/c1-3-23-16-9-14(19)15(10-17(16)24-4-2)21-18(22)13-7-5-12(11-20)6-8-13/h5-10H,3-4,11,20H2,1-2H3,(H,21,22). The highest BCUT2D eigenvalue weighted by molar-refractivity contribution is 9.10. The summed E-state index contributed by atoms with van der Waals surface area (Å²) < 4.78 is 11.9. The third-order valence-corrected chi connectivity index (χ3v) is 3.99. The third kappa shape index (κ3) is 4.49. The van der Waals surface area contributed by atoms with Gasteiger partial charge in [0.15, 0.2) is 11.5 Å². The Bertz CT molecular complexity index is 702. The summed E-state index contributed by atoms with van der Waals surface area (Å²) in [5.41, 5.74) is 7.73. The number of ether oxygens (including phenoxy) is 2. The average molecular weight is 393 g/mol. The first-order valence-corrected chi connectivity index (χ1v) is 8.57. The Morgan fingerprint density at radius 2 is 1.67 bits per heavy atom. The zero-order valence-electron chi connectivity index (χ0n) is 13.8. The molecule has 0 aliphatic rings. The van der Waals surface area contributed by atoms with E-state index >= 15 is 0 Å². The fraction of sp³-hybridized carbons (Fsp3) is 0.278. The molecule has 0 aromatic heterocycles. The van der Waals surface area contributed by atoms with Gasteiger partial charge in [-0.15, -0.1) is 0 Å². The lowest BCUT2D eigenvalue weighted by atomic mass is 10.1. The predicted molar refractivity (Wildman–Crippen MR) is 98.8 cm³/mol. The van der Waals surface area contributed by atoms with E-state index in [-0.39, 0.29) is 5.91 Å². The van der Waals surface area contributed by atoms with E-state index in [0.717, 1.165) is 10.0 Å². The quantitative estimate of drug-likeness (QED) is 0.747. The van der Waals surface area contributed by atoms with E-state index in [1.54, 1.807) is 24.3 Å². The first-order valence-electron chi connectivity index (χ1n) is 7.78. The number of hydrogen-bond donors (Lipinski definition) is 2. The van der Waals surface area contributed by atoms with Crippen LogP contribution in [-0.4, -0.2) is 19.1 Å². The molecule has 0 atom stereocenters. The van der Waals surface area contributed by atoms with Crippen LogP contribution < -0.4 is 20.5 Å². The fourth-order valence-corrected chi connectivity index (χ4v) is 2.58. The minimum absolute atomic E-state index is 0.203. The molecular formula is C18H21BrN2O3. The van der Waals surface area contributed by atoms with Gasteiger partial charge in [-0.25, -0.2) is 0 Å². The molecule has 2 aromatic carbocycles. The molecule has 0 saturated carbocycles. The largest absolute Gasteiger partial charge is 0.490 e. The van der Waals surface area contributed by atoms with Crippen molar-refractivity contribution in [1.82, 2.24) is 0 Å². The molecular weight excluding hydrogens is 372 g/mol. The van der Waals surface area contributed by atoms with E-state index in [1.165, 1.54) is 0 Å². The Kier molecular flexibility index (Phi) is 6.63.